The van der Waals surface area contributed by atoms with E-state index in [0.29, 0.717) is 0 Å². The van der Waals surface area contributed by atoms with Gasteiger partial charge in [0.1, 0.15) is 5.69 Å². The lowest BCUT2D eigenvalue weighted by Crippen LogP contribution is -2.35. The zero-order valence-electron chi connectivity index (χ0n) is 14.4. The van der Waals surface area contributed by atoms with Crippen molar-refractivity contribution >= 4 is 22.8 Å². The van der Waals surface area contributed by atoms with E-state index in [0.717, 1.165) is 24.6 Å². The van der Waals surface area contributed by atoms with Gasteiger partial charge in [0, 0.05) is 17.2 Å². The van der Waals surface area contributed by atoms with Crippen LogP contribution in [0.3, 0.4) is 0 Å². The third-order valence-electron chi connectivity index (χ3n) is 4.74. The molecule has 134 valence electrons. The number of nitro benzene ring substituents is 2. The molecular weight excluding hydrogens is 336 g/mol. The van der Waals surface area contributed by atoms with E-state index in [1.165, 1.54) is 23.3 Å². The summed E-state index contributed by atoms with van der Waals surface area (Å²) in [5, 5.41) is 26.5. The highest BCUT2D eigenvalue weighted by atomic mass is 16.6. The van der Waals surface area contributed by atoms with Crippen molar-refractivity contribution in [2.75, 3.05) is 5.43 Å². The number of nitro groups is 2. The molecule has 0 radical (unpaired) electrons. The Morgan fingerprint density at radius 2 is 1.77 bits per heavy atom. The first-order chi connectivity index (χ1) is 12.3. The van der Waals surface area contributed by atoms with E-state index in [-0.39, 0.29) is 22.5 Å². The van der Waals surface area contributed by atoms with Crippen LogP contribution in [-0.2, 0) is 11.8 Å². The number of hydrogen-bond donors (Lipinski definition) is 1. The maximum atomic E-state index is 11.2. The number of aryl methyl sites for hydroxylation is 1. The van der Waals surface area contributed by atoms with Gasteiger partial charge in [-0.25, -0.2) is 0 Å². The molecule has 0 aromatic heterocycles. The number of anilines is 1. The summed E-state index contributed by atoms with van der Waals surface area (Å²) in [7, 11) is 0. The average molecular weight is 354 g/mol. The van der Waals surface area contributed by atoms with Gasteiger partial charge < -0.3 is 0 Å². The maximum Gasteiger partial charge on any atom is 0.301 e. The molecule has 0 heterocycles. The number of hydrogen-bond acceptors (Lipinski definition) is 6. The Bertz CT molecular complexity index is 921. The highest BCUT2D eigenvalue weighted by Gasteiger charge is 2.33. The fourth-order valence-corrected chi connectivity index (χ4v) is 3.27. The Balaban J connectivity index is 1.93. The lowest BCUT2D eigenvalue weighted by atomic mass is 9.71. The predicted octanol–water partition coefficient (Wildman–Crippen LogP) is 4.19. The number of nitrogens with one attached hydrogen (secondary N) is 1. The molecule has 0 saturated heterocycles. The second-order valence-electron chi connectivity index (χ2n) is 6.67. The summed E-state index contributed by atoms with van der Waals surface area (Å²) in [4.78, 5) is 20.7. The minimum atomic E-state index is -0.663. The third kappa shape index (κ3) is 3.13. The molecule has 0 unspecified atom stereocenters. The van der Waals surface area contributed by atoms with Gasteiger partial charge in [0.25, 0.3) is 5.69 Å². The van der Waals surface area contributed by atoms with E-state index in [4.69, 9.17) is 0 Å². The molecule has 0 fully saturated rings. The topological polar surface area (TPSA) is 111 Å². The molecule has 3 rings (SSSR count). The molecule has 2 aromatic carbocycles. The third-order valence-corrected chi connectivity index (χ3v) is 4.74. The Hall–Kier alpha value is -3.29. The van der Waals surface area contributed by atoms with Crippen LogP contribution in [-0.4, -0.2) is 15.6 Å². The summed E-state index contributed by atoms with van der Waals surface area (Å²) in [6, 6.07) is 11.6. The molecule has 0 atom stereocenters. The first kappa shape index (κ1) is 17.5. The van der Waals surface area contributed by atoms with Crippen molar-refractivity contribution in [2.24, 2.45) is 5.10 Å². The van der Waals surface area contributed by atoms with Gasteiger partial charge in [-0.1, -0.05) is 38.1 Å². The van der Waals surface area contributed by atoms with Crippen molar-refractivity contribution in [2.45, 2.75) is 32.1 Å². The number of non-ortho nitro benzene ring substituents is 1. The number of nitrogens with zero attached hydrogens (tertiary/aromatic N) is 3. The van der Waals surface area contributed by atoms with Crippen molar-refractivity contribution in [3.05, 3.63) is 73.8 Å². The van der Waals surface area contributed by atoms with Crippen LogP contribution in [0.4, 0.5) is 17.1 Å². The lowest BCUT2D eigenvalue weighted by molar-refractivity contribution is -0.393. The van der Waals surface area contributed by atoms with Crippen LogP contribution in [0.2, 0.25) is 0 Å². The molecule has 2 aromatic rings. The molecule has 0 amide bonds. The van der Waals surface area contributed by atoms with Crippen molar-refractivity contribution in [3.8, 4) is 0 Å². The van der Waals surface area contributed by atoms with E-state index in [9.17, 15) is 20.2 Å². The highest BCUT2D eigenvalue weighted by Crippen LogP contribution is 2.35. The van der Waals surface area contributed by atoms with Crippen LogP contribution in [0.15, 0.2) is 47.6 Å². The Morgan fingerprint density at radius 1 is 1.04 bits per heavy atom. The van der Waals surface area contributed by atoms with Crippen LogP contribution >= 0.6 is 0 Å². The van der Waals surface area contributed by atoms with Gasteiger partial charge in [-0.05, 0) is 30.0 Å². The van der Waals surface area contributed by atoms with Gasteiger partial charge in [-0.2, -0.15) is 5.10 Å². The molecule has 8 heteroatoms. The summed E-state index contributed by atoms with van der Waals surface area (Å²) in [5.74, 6) is 0. The van der Waals surface area contributed by atoms with Crippen molar-refractivity contribution in [1.29, 1.82) is 0 Å². The SMILES string of the molecule is CC1(C)C(=NNc2ccc([N+](=O)[O-])cc2[N+](=O)[O-])CCc2ccccc21. The van der Waals surface area contributed by atoms with E-state index in [1.54, 1.807) is 0 Å². The molecular formula is C18H18N4O4. The number of hydrazone groups is 1. The number of benzene rings is 2. The molecule has 0 spiro atoms. The number of rotatable bonds is 4. The normalized spacial score (nSPS) is 16.8. The second kappa shape index (κ2) is 6.55. The Kier molecular flexibility index (Phi) is 4.41. The largest absolute Gasteiger partial charge is 0.301 e. The van der Waals surface area contributed by atoms with Crippen LogP contribution in [0.1, 0.15) is 31.4 Å². The van der Waals surface area contributed by atoms with E-state index in [2.05, 4.69) is 36.5 Å². The zero-order valence-corrected chi connectivity index (χ0v) is 14.4. The quantitative estimate of drug-likeness (QED) is 0.653. The van der Waals surface area contributed by atoms with Crippen molar-refractivity contribution in [3.63, 3.8) is 0 Å². The molecule has 0 aliphatic heterocycles. The van der Waals surface area contributed by atoms with Crippen LogP contribution < -0.4 is 5.43 Å². The van der Waals surface area contributed by atoms with E-state index in [1.807, 2.05) is 12.1 Å². The zero-order chi connectivity index (χ0) is 18.9. The van der Waals surface area contributed by atoms with Gasteiger partial charge in [0.2, 0.25) is 0 Å². The summed E-state index contributed by atoms with van der Waals surface area (Å²) in [6.45, 7) is 4.13. The van der Waals surface area contributed by atoms with E-state index < -0.39 is 9.85 Å². The molecule has 0 bridgehead atoms. The van der Waals surface area contributed by atoms with Gasteiger partial charge in [0.15, 0.2) is 0 Å². The standard InChI is InChI=1S/C18H18N4O4/c1-18(2)14-6-4-3-5-12(14)7-10-17(18)20-19-15-9-8-13(21(23)24)11-16(15)22(25)26/h3-6,8-9,11,19H,7,10H2,1-2H3. The molecule has 1 aliphatic carbocycles. The molecule has 0 saturated carbocycles. The average Bonchev–Trinajstić information content (AvgIpc) is 2.61. The highest BCUT2D eigenvalue weighted by molar-refractivity contribution is 5.96. The van der Waals surface area contributed by atoms with Crippen LogP contribution in [0, 0.1) is 20.2 Å². The van der Waals surface area contributed by atoms with Gasteiger partial charge in [-0.15, -0.1) is 0 Å². The molecule has 26 heavy (non-hydrogen) atoms. The molecule has 1 N–H and O–H groups in total. The second-order valence-corrected chi connectivity index (χ2v) is 6.67. The van der Waals surface area contributed by atoms with Crippen molar-refractivity contribution in [1.82, 2.24) is 0 Å². The fourth-order valence-electron chi connectivity index (χ4n) is 3.27. The van der Waals surface area contributed by atoms with Crippen LogP contribution in [0.25, 0.3) is 0 Å². The fraction of sp³-hybridized carbons (Fsp3) is 0.278. The smallest absolute Gasteiger partial charge is 0.272 e. The summed E-state index contributed by atoms with van der Waals surface area (Å²) >= 11 is 0. The summed E-state index contributed by atoms with van der Waals surface area (Å²) < 4.78 is 0. The predicted molar refractivity (Wildman–Crippen MR) is 98.6 cm³/mol. The first-order valence-electron chi connectivity index (χ1n) is 8.15. The lowest BCUT2D eigenvalue weighted by Gasteiger charge is -2.34. The number of fused-ring (bicyclic) bond motifs is 1. The minimum absolute atomic E-state index is 0.128. The molecule has 1 aliphatic rings. The van der Waals surface area contributed by atoms with E-state index >= 15 is 0 Å². The van der Waals surface area contributed by atoms with Crippen molar-refractivity contribution < 1.29 is 9.85 Å². The first-order valence-corrected chi connectivity index (χ1v) is 8.15. The molecule has 8 nitrogen and oxygen atoms in total. The van der Waals surface area contributed by atoms with Gasteiger partial charge >= 0.3 is 5.69 Å². The van der Waals surface area contributed by atoms with Gasteiger partial charge in [-0.3, -0.25) is 25.7 Å². The minimum Gasteiger partial charge on any atom is -0.272 e. The van der Waals surface area contributed by atoms with Gasteiger partial charge in [0.05, 0.1) is 15.9 Å². The maximum absolute atomic E-state index is 11.2. The summed E-state index contributed by atoms with van der Waals surface area (Å²) in [5.41, 5.74) is 5.19. The summed E-state index contributed by atoms with van der Waals surface area (Å²) in [6.07, 6.45) is 1.58. The monoisotopic (exact) mass is 354 g/mol. The Morgan fingerprint density at radius 3 is 2.46 bits per heavy atom. The Labute approximate surface area is 149 Å². The van der Waals surface area contributed by atoms with Crippen LogP contribution in [0.5, 0.6) is 0 Å².